The van der Waals surface area contributed by atoms with Crippen LogP contribution >= 0.6 is 0 Å². The summed E-state index contributed by atoms with van der Waals surface area (Å²) in [5.74, 6) is -0.588. The molecule has 6 nitrogen and oxygen atoms in total. The highest BCUT2D eigenvalue weighted by Crippen LogP contribution is 2.25. The van der Waals surface area contributed by atoms with E-state index in [1.807, 2.05) is 24.3 Å². The van der Waals surface area contributed by atoms with Gasteiger partial charge in [0.2, 0.25) is 0 Å². The van der Waals surface area contributed by atoms with E-state index >= 15 is 0 Å². The maximum absolute atomic E-state index is 12.6. The van der Waals surface area contributed by atoms with E-state index in [-0.39, 0.29) is 11.9 Å². The van der Waals surface area contributed by atoms with Crippen molar-refractivity contribution in [3.8, 4) is 0 Å². The number of hydrogen-bond acceptors (Lipinski definition) is 4. The summed E-state index contributed by atoms with van der Waals surface area (Å²) in [5, 5.41) is 6.42. The second-order valence-electron chi connectivity index (χ2n) is 5.16. The van der Waals surface area contributed by atoms with Crippen LogP contribution in [0, 0.1) is 0 Å². The average molecular weight is 299 g/mol. The highest BCUT2D eigenvalue weighted by molar-refractivity contribution is 5.96. The topological polar surface area (TPSA) is 75.3 Å². The number of hydrogen-bond donors (Lipinski definition) is 1. The van der Waals surface area contributed by atoms with E-state index in [2.05, 4.69) is 10.2 Å². The summed E-state index contributed by atoms with van der Waals surface area (Å²) in [6.07, 6.45) is 3.47. The van der Waals surface area contributed by atoms with Crippen LogP contribution in [0.3, 0.4) is 0 Å². The van der Waals surface area contributed by atoms with Crippen molar-refractivity contribution in [1.29, 1.82) is 0 Å². The first-order chi connectivity index (χ1) is 10.7. The van der Waals surface area contributed by atoms with E-state index in [1.54, 1.807) is 11.8 Å². The molecule has 114 valence electrons. The monoisotopic (exact) mass is 299 g/mol. The van der Waals surface area contributed by atoms with Crippen molar-refractivity contribution in [3.05, 3.63) is 53.3 Å². The van der Waals surface area contributed by atoms with Crippen molar-refractivity contribution in [3.63, 3.8) is 0 Å². The lowest BCUT2D eigenvalue weighted by molar-refractivity contribution is -0.149. The van der Waals surface area contributed by atoms with Crippen LogP contribution < -0.4 is 0 Å². The van der Waals surface area contributed by atoms with E-state index in [0.717, 1.165) is 11.1 Å². The second-order valence-corrected chi connectivity index (χ2v) is 5.16. The molecule has 0 aliphatic carbocycles. The summed E-state index contributed by atoms with van der Waals surface area (Å²) in [6.45, 7) is 2.45. The minimum Gasteiger partial charge on any atom is -0.464 e. The Labute approximate surface area is 128 Å². The maximum Gasteiger partial charge on any atom is 0.329 e. The van der Waals surface area contributed by atoms with Crippen molar-refractivity contribution in [2.45, 2.75) is 25.9 Å². The molecule has 0 saturated heterocycles. The van der Waals surface area contributed by atoms with Gasteiger partial charge in [-0.25, -0.2) is 4.79 Å². The van der Waals surface area contributed by atoms with E-state index in [0.29, 0.717) is 25.1 Å². The molecule has 1 aliphatic heterocycles. The molecule has 6 heteroatoms. The fraction of sp³-hybridized carbons (Fsp3) is 0.312. The SMILES string of the molecule is CCOC(=O)C1Cc2ccccc2CN1C(=O)c1cn[nH]c1. The molecular formula is C16H17N3O3. The number of aromatic nitrogens is 2. The highest BCUT2D eigenvalue weighted by atomic mass is 16.5. The fourth-order valence-corrected chi connectivity index (χ4v) is 2.72. The summed E-state index contributed by atoms with van der Waals surface area (Å²) < 4.78 is 5.14. The van der Waals surface area contributed by atoms with Gasteiger partial charge in [-0.15, -0.1) is 0 Å². The molecule has 1 N–H and O–H groups in total. The van der Waals surface area contributed by atoms with Gasteiger partial charge in [-0.05, 0) is 18.1 Å². The summed E-state index contributed by atoms with van der Waals surface area (Å²) in [4.78, 5) is 26.5. The van der Waals surface area contributed by atoms with Crippen molar-refractivity contribution in [2.24, 2.45) is 0 Å². The van der Waals surface area contributed by atoms with Crippen LogP contribution in [0.2, 0.25) is 0 Å². The lowest BCUT2D eigenvalue weighted by Gasteiger charge is -2.35. The van der Waals surface area contributed by atoms with E-state index in [4.69, 9.17) is 4.74 Å². The molecular weight excluding hydrogens is 282 g/mol. The van der Waals surface area contributed by atoms with Gasteiger partial charge in [-0.2, -0.15) is 5.10 Å². The Hall–Kier alpha value is -2.63. The highest BCUT2D eigenvalue weighted by Gasteiger charge is 2.36. The number of nitrogens with one attached hydrogen (secondary N) is 1. The van der Waals surface area contributed by atoms with E-state index < -0.39 is 6.04 Å². The smallest absolute Gasteiger partial charge is 0.329 e. The molecule has 0 bridgehead atoms. The molecule has 1 aromatic carbocycles. The molecule has 0 fully saturated rings. The molecule has 1 atom stereocenters. The first-order valence-corrected chi connectivity index (χ1v) is 7.24. The predicted molar refractivity (Wildman–Crippen MR) is 79.0 cm³/mol. The number of carbonyl (C=O) groups excluding carboxylic acids is 2. The minimum atomic E-state index is -0.600. The average Bonchev–Trinajstić information content (AvgIpc) is 3.07. The predicted octanol–water partition coefficient (Wildman–Crippen LogP) is 1.54. The molecule has 1 unspecified atom stereocenters. The van der Waals surface area contributed by atoms with Crippen molar-refractivity contribution in [1.82, 2.24) is 15.1 Å². The standard InChI is InChI=1S/C16H17N3O3/c1-2-22-16(21)14-7-11-5-3-4-6-12(11)10-19(14)15(20)13-8-17-18-9-13/h3-6,8-9,14H,2,7,10H2,1H3,(H,17,18). The van der Waals surface area contributed by atoms with Crippen molar-refractivity contribution in [2.75, 3.05) is 6.61 Å². The van der Waals surface area contributed by atoms with Gasteiger partial charge in [0.15, 0.2) is 0 Å². The van der Waals surface area contributed by atoms with Gasteiger partial charge in [0.05, 0.1) is 18.4 Å². The maximum atomic E-state index is 12.6. The Morgan fingerprint density at radius 1 is 1.36 bits per heavy atom. The lowest BCUT2D eigenvalue weighted by atomic mass is 9.93. The number of benzene rings is 1. The van der Waals surface area contributed by atoms with Gasteiger partial charge in [0, 0.05) is 19.2 Å². The lowest BCUT2D eigenvalue weighted by Crippen LogP contribution is -2.49. The van der Waals surface area contributed by atoms with Crippen molar-refractivity contribution < 1.29 is 14.3 Å². The molecule has 1 aliphatic rings. The molecule has 2 aromatic rings. The zero-order chi connectivity index (χ0) is 15.5. The van der Waals surface area contributed by atoms with E-state index in [9.17, 15) is 9.59 Å². The van der Waals surface area contributed by atoms with Gasteiger partial charge < -0.3 is 9.64 Å². The quantitative estimate of drug-likeness (QED) is 0.872. The third-order valence-electron chi connectivity index (χ3n) is 3.81. The van der Waals surface area contributed by atoms with Gasteiger partial charge in [-0.1, -0.05) is 24.3 Å². The largest absolute Gasteiger partial charge is 0.464 e. The number of amides is 1. The minimum absolute atomic E-state index is 0.221. The molecule has 22 heavy (non-hydrogen) atoms. The number of esters is 1. The first-order valence-electron chi connectivity index (χ1n) is 7.24. The third-order valence-corrected chi connectivity index (χ3v) is 3.81. The Morgan fingerprint density at radius 2 is 2.14 bits per heavy atom. The zero-order valence-electron chi connectivity index (χ0n) is 12.3. The van der Waals surface area contributed by atoms with Crippen LogP contribution in [0.25, 0.3) is 0 Å². The summed E-state index contributed by atoms with van der Waals surface area (Å²) in [6, 6.07) is 7.24. The van der Waals surface area contributed by atoms with Gasteiger partial charge >= 0.3 is 5.97 Å². The normalized spacial score (nSPS) is 17.0. The summed E-state index contributed by atoms with van der Waals surface area (Å²) in [7, 11) is 0. The first kappa shape index (κ1) is 14.3. The number of carbonyl (C=O) groups is 2. The molecule has 0 saturated carbocycles. The van der Waals surface area contributed by atoms with Crippen LogP contribution in [-0.2, 0) is 22.5 Å². The van der Waals surface area contributed by atoms with Crippen molar-refractivity contribution >= 4 is 11.9 Å². The number of nitrogens with zero attached hydrogens (tertiary/aromatic N) is 2. The summed E-state index contributed by atoms with van der Waals surface area (Å²) >= 11 is 0. The molecule has 0 radical (unpaired) electrons. The Kier molecular flexibility index (Phi) is 3.91. The second kappa shape index (κ2) is 6.01. The van der Waals surface area contributed by atoms with Crippen LogP contribution in [-0.4, -0.2) is 39.6 Å². The Morgan fingerprint density at radius 3 is 2.82 bits per heavy atom. The zero-order valence-corrected chi connectivity index (χ0v) is 12.3. The number of aromatic amines is 1. The number of ether oxygens (including phenoxy) is 1. The van der Waals surface area contributed by atoms with Gasteiger partial charge in [0.25, 0.3) is 5.91 Å². The van der Waals surface area contributed by atoms with Crippen LogP contribution in [0.1, 0.15) is 28.4 Å². The number of rotatable bonds is 3. The summed E-state index contributed by atoms with van der Waals surface area (Å²) in [5.41, 5.74) is 2.57. The molecule has 1 aromatic heterocycles. The Bertz CT molecular complexity index is 682. The number of H-pyrrole nitrogens is 1. The molecule has 2 heterocycles. The van der Waals surface area contributed by atoms with Gasteiger partial charge in [-0.3, -0.25) is 9.89 Å². The third kappa shape index (κ3) is 2.59. The molecule has 0 spiro atoms. The number of fused-ring (bicyclic) bond motifs is 1. The van der Waals surface area contributed by atoms with Crippen LogP contribution in [0.5, 0.6) is 0 Å². The van der Waals surface area contributed by atoms with Crippen LogP contribution in [0.15, 0.2) is 36.7 Å². The fourth-order valence-electron chi connectivity index (χ4n) is 2.72. The Balaban J connectivity index is 1.94. The molecule has 3 rings (SSSR count). The van der Waals surface area contributed by atoms with Gasteiger partial charge in [0.1, 0.15) is 6.04 Å². The molecule has 1 amide bonds. The van der Waals surface area contributed by atoms with E-state index in [1.165, 1.54) is 12.4 Å². The van der Waals surface area contributed by atoms with Crippen LogP contribution in [0.4, 0.5) is 0 Å².